The molecule has 1 aliphatic rings. The van der Waals surface area contributed by atoms with Crippen LogP contribution in [-0.4, -0.2) is 72.5 Å². The lowest BCUT2D eigenvalue weighted by Crippen LogP contribution is -2.47. The van der Waals surface area contributed by atoms with Crippen LogP contribution in [0.3, 0.4) is 0 Å². The molecule has 0 saturated carbocycles. The van der Waals surface area contributed by atoms with Gasteiger partial charge in [-0.3, -0.25) is 14.5 Å². The van der Waals surface area contributed by atoms with E-state index in [0.717, 1.165) is 42.1 Å². The van der Waals surface area contributed by atoms with Gasteiger partial charge in [0, 0.05) is 44.0 Å². The Morgan fingerprint density at radius 3 is 2.42 bits per heavy atom. The molecule has 0 atom stereocenters. The van der Waals surface area contributed by atoms with Crippen molar-refractivity contribution in [3.05, 3.63) is 57.5 Å². The first-order valence-corrected chi connectivity index (χ1v) is 12.5. The molecule has 0 spiro atoms. The first-order chi connectivity index (χ1) is 16.0. The zero-order valence-electron chi connectivity index (χ0n) is 19.6. The van der Waals surface area contributed by atoms with Crippen molar-refractivity contribution >= 4 is 23.2 Å². The number of benzene rings is 1. The van der Waals surface area contributed by atoms with Crippen molar-refractivity contribution in [1.82, 2.24) is 14.7 Å². The number of aryl methyl sites for hydroxylation is 1. The van der Waals surface area contributed by atoms with E-state index in [0.29, 0.717) is 39.3 Å². The van der Waals surface area contributed by atoms with Gasteiger partial charge in [-0.15, -0.1) is 11.3 Å². The Hall–Kier alpha value is -2.29. The van der Waals surface area contributed by atoms with E-state index < -0.39 is 0 Å². The standard InChI is InChI=1S/C25H34FN3O3S/c1-3-4-24(30)28(11-10-27-12-14-32-15-13-27)19-25(31)29(18-23-20(2)9-16-33-23)17-21-5-7-22(26)8-6-21/h5-9,16H,3-4,10-15,17-19H2,1-2H3. The molecule has 33 heavy (non-hydrogen) atoms. The molecule has 0 unspecified atom stereocenters. The van der Waals surface area contributed by atoms with Crippen molar-refractivity contribution in [1.29, 1.82) is 0 Å². The van der Waals surface area contributed by atoms with Crippen LogP contribution in [0.25, 0.3) is 0 Å². The minimum atomic E-state index is -0.301. The molecule has 0 N–H and O–H groups in total. The summed E-state index contributed by atoms with van der Waals surface area (Å²) in [5.41, 5.74) is 2.00. The number of morpholine rings is 1. The highest BCUT2D eigenvalue weighted by atomic mass is 32.1. The highest BCUT2D eigenvalue weighted by Gasteiger charge is 2.23. The lowest BCUT2D eigenvalue weighted by atomic mass is 10.2. The van der Waals surface area contributed by atoms with E-state index in [9.17, 15) is 14.0 Å². The fourth-order valence-corrected chi connectivity index (χ4v) is 4.72. The molecule has 2 aromatic rings. The van der Waals surface area contributed by atoms with E-state index in [-0.39, 0.29) is 24.2 Å². The van der Waals surface area contributed by atoms with Gasteiger partial charge < -0.3 is 14.5 Å². The monoisotopic (exact) mass is 475 g/mol. The van der Waals surface area contributed by atoms with Crippen LogP contribution in [0.2, 0.25) is 0 Å². The van der Waals surface area contributed by atoms with Gasteiger partial charge in [0.2, 0.25) is 11.8 Å². The van der Waals surface area contributed by atoms with E-state index in [1.807, 2.05) is 25.3 Å². The van der Waals surface area contributed by atoms with Crippen LogP contribution in [0.1, 0.15) is 35.8 Å². The normalized spacial score (nSPS) is 14.3. The van der Waals surface area contributed by atoms with Gasteiger partial charge in [0.1, 0.15) is 5.82 Å². The Morgan fingerprint density at radius 1 is 1.06 bits per heavy atom. The first kappa shape index (κ1) is 25.3. The summed E-state index contributed by atoms with van der Waals surface area (Å²) < 4.78 is 18.8. The highest BCUT2D eigenvalue weighted by molar-refractivity contribution is 7.10. The number of thiophene rings is 1. The molecule has 0 bridgehead atoms. The van der Waals surface area contributed by atoms with Gasteiger partial charge in [-0.1, -0.05) is 19.1 Å². The molecule has 1 saturated heterocycles. The highest BCUT2D eigenvalue weighted by Crippen LogP contribution is 2.20. The minimum absolute atomic E-state index is 0.00754. The predicted octanol–water partition coefficient (Wildman–Crippen LogP) is 3.69. The quantitative estimate of drug-likeness (QED) is 0.498. The second-order valence-corrected chi connectivity index (χ2v) is 9.42. The third kappa shape index (κ3) is 7.91. The largest absolute Gasteiger partial charge is 0.379 e. The molecule has 0 radical (unpaired) electrons. The van der Waals surface area contributed by atoms with Crippen molar-refractivity contribution in [3.8, 4) is 0 Å². The number of amides is 2. The Kier molecular flexibility index (Phi) is 9.84. The first-order valence-electron chi connectivity index (χ1n) is 11.6. The summed E-state index contributed by atoms with van der Waals surface area (Å²) in [4.78, 5) is 33.1. The Bertz CT molecular complexity index is 897. The SMILES string of the molecule is CCCC(=O)N(CCN1CCOCC1)CC(=O)N(Cc1ccc(F)cc1)Cc1sccc1C. The number of hydrogen-bond donors (Lipinski definition) is 0. The Morgan fingerprint density at radius 2 is 1.79 bits per heavy atom. The summed E-state index contributed by atoms with van der Waals surface area (Å²) in [7, 11) is 0. The molecule has 3 rings (SSSR count). The van der Waals surface area contributed by atoms with Crippen molar-refractivity contribution in [2.75, 3.05) is 45.9 Å². The smallest absolute Gasteiger partial charge is 0.242 e. The summed E-state index contributed by atoms with van der Waals surface area (Å²) in [6, 6.07) is 8.27. The van der Waals surface area contributed by atoms with Crippen LogP contribution in [-0.2, 0) is 27.4 Å². The summed E-state index contributed by atoms with van der Waals surface area (Å²) in [5.74, 6) is -0.392. The van der Waals surface area contributed by atoms with Gasteiger partial charge in [-0.05, 0) is 48.1 Å². The van der Waals surface area contributed by atoms with E-state index >= 15 is 0 Å². The molecule has 1 aromatic carbocycles. The van der Waals surface area contributed by atoms with E-state index in [1.54, 1.807) is 33.3 Å². The van der Waals surface area contributed by atoms with Crippen LogP contribution in [0.4, 0.5) is 4.39 Å². The zero-order valence-corrected chi connectivity index (χ0v) is 20.4. The Balaban J connectivity index is 1.71. The van der Waals surface area contributed by atoms with Crippen LogP contribution < -0.4 is 0 Å². The van der Waals surface area contributed by atoms with Crippen molar-refractivity contribution in [2.45, 2.75) is 39.8 Å². The van der Waals surface area contributed by atoms with E-state index in [2.05, 4.69) is 4.90 Å². The molecular weight excluding hydrogens is 441 g/mol. The van der Waals surface area contributed by atoms with Gasteiger partial charge in [0.25, 0.3) is 0 Å². The van der Waals surface area contributed by atoms with E-state index in [1.165, 1.54) is 12.1 Å². The third-order valence-corrected chi connectivity index (χ3v) is 6.88. The maximum Gasteiger partial charge on any atom is 0.242 e. The van der Waals surface area contributed by atoms with E-state index in [4.69, 9.17) is 4.74 Å². The number of carbonyl (C=O) groups is 2. The second kappa shape index (κ2) is 12.8. The maximum absolute atomic E-state index is 13.5. The predicted molar refractivity (Wildman–Crippen MR) is 128 cm³/mol. The number of ether oxygens (including phenoxy) is 1. The van der Waals surface area contributed by atoms with Gasteiger partial charge in [-0.2, -0.15) is 0 Å². The second-order valence-electron chi connectivity index (χ2n) is 8.42. The van der Waals surface area contributed by atoms with Gasteiger partial charge >= 0.3 is 0 Å². The average molecular weight is 476 g/mol. The van der Waals surface area contributed by atoms with Crippen LogP contribution >= 0.6 is 11.3 Å². The fourth-order valence-electron chi connectivity index (χ4n) is 3.80. The molecule has 1 fully saturated rings. The van der Waals surface area contributed by atoms with Crippen molar-refractivity contribution in [2.24, 2.45) is 0 Å². The summed E-state index contributed by atoms with van der Waals surface area (Å²) in [6.45, 7) is 9.24. The number of carbonyl (C=O) groups excluding carboxylic acids is 2. The number of nitrogens with zero attached hydrogens (tertiary/aromatic N) is 3. The molecular formula is C25H34FN3O3S. The molecule has 8 heteroatoms. The van der Waals surface area contributed by atoms with Crippen molar-refractivity contribution in [3.63, 3.8) is 0 Å². The number of halogens is 1. The van der Waals surface area contributed by atoms with Crippen LogP contribution in [0, 0.1) is 12.7 Å². The van der Waals surface area contributed by atoms with Gasteiger partial charge in [-0.25, -0.2) is 4.39 Å². The summed E-state index contributed by atoms with van der Waals surface area (Å²) >= 11 is 1.62. The average Bonchev–Trinajstić information content (AvgIpc) is 3.22. The third-order valence-electron chi connectivity index (χ3n) is 5.87. The van der Waals surface area contributed by atoms with Crippen LogP contribution in [0.15, 0.2) is 35.7 Å². The number of hydrogen-bond acceptors (Lipinski definition) is 5. The minimum Gasteiger partial charge on any atom is -0.379 e. The molecule has 6 nitrogen and oxygen atoms in total. The maximum atomic E-state index is 13.5. The summed E-state index contributed by atoms with van der Waals surface area (Å²) in [6.07, 6.45) is 1.17. The molecule has 1 aliphatic heterocycles. The van der Waals surface area contributed by atoms with Crippen molar-refractivity contribution < 1.29 is 18.7 Å². The van der Waals surface area contributed by atoms with Gasteiger partial charge in [0.05, 0.1) is 26.3 Å². The van der Waals surface area contributed by atoms with Gasteiger partial charge in [0.15, 0.2) is 0 Å². The molecule has 0 aliphatic carbocycles. The molecule has 1 aromatic heterocycles. The lowest BCUT2D eigenvalue weighted by molar-refractivity contribution is -0.141. The Labute approximate surface area is 199 Å². The fraction of sp³-hybridized carbons (Fsp3) is 0.520. The summed E-state index contributed by atoms with van der Waals surface area (Å²) in [5, 5.41) is 2.02. The number of rotatable bonds is 11. The molecule has 2 heterocycles. The molecule has 180 valence electrons. The van der Waals surface area contributed by atoms with Crippen LogP contribution in [0.5, 0.6) is 0 Å². The topological polar surface area (TPSA) is 53.1 Å². The molecule has 2 amide bonds. The zero-order chi connectivity index (χ0) is 23.6. The lowest BCUT2D eigenvalue weighted by Gasteiger charge is -2.31.